The highest BCUT2D eigenvalue weighted by atomic mass is 16.4. The third kappa shape index (κ3) is 2.66. The zero-order valence-corrected chi connectivity index (χ0v) is 10.5. The summed E-state index contributed by atoms with van der Waals surface area (Å²) >= 11 is 0. The van der Waals surface area contributed by atoms with E-state index < -0.39 is 5.97 Å². The largest absolute Gasteiger partial charge is 0.481 e. The first-order valence-electron chi connectivity index (χ1n) is 6.50. The first-order chi connectivity index (χ1) is 8.61. The highest BCUT2D eigenvalue weighted by Gasteiger charge is 2.43. The summed E-state index contributed by atoms with van der Waals surface area (Å²) in [6, 6.07) is 0.409. The standard InChI is InChI=1S/C13H20N2O3/c1-2-5-14-13(18)15-10-3-4-11(15)7-9(6-10)8-12(16)17/h2,9-11H,1,3-8H2,(H,14,18)(H,16,17). The summed E-state index contributed by atoms with van der Waals surface area (Å²) in [6.07, 6.45) is 5.55. The monoisotopic (exact) mass is 252 g/mol. The van der Waals surface area contributed by atoms with Gasteiger partial charge >= 0.3 is 12.0 Å². The van der Waals surface area contributed by atoms with Gasteiger partial charge in [-0.3, -0.25) is 4.79 Å². The van der Waals surface area contributed by atoms with E-state index >= 15 is 0 Å². The van der Waals surface area contributed by atoms with E-state index in [-0.39, 0.29) is 30.5 Å². The fourth-order valence-corrected chi connectivity index (χ4v) is 3.29. The third-order valence-corrected chi connectivity index (χ3v) is 3.93. The minimum Gasteiger partial charge on any atom is -0.481 e. The maximum absolute atomic E-state index is 12.0. The van der Waals surface area contributed by atoms with E-state index in [1.54, 1.807) is 6.08 Å². The average molecular weight is 252 g/mol. The molecule has 2 unspecified atom stereocenters. The molecule has 100 valence electrons. The Balaban J connectivity index is 1.95. The molecule has 0 saturated carbocycles. The molecular weight excluding hydrogens is 232 g/mol. The Bertz CT molecular complexity index is 342. The van der Waals surface area contributed by atoms with Crippen molar-refractivity contribution >= 4 is 12.0 Å². The second-order valence-corrected chi connectivity index (χ2v) is 5.20. The molecule has 0 radical (unpaired) electrons. The molecule has 0 spiro atoms. The van der Waals surface area contributed by atoms with Gasteiger partial charge in [0.25, 0.3) is 0 Å². The molecule has 2 bridgehead atoms. The second-order valence-electron chi connectivity index (χ2n) is 5.20. The maximum atomic E-state index is 12.0. The summed E-state index contributed by atoms with van der Waals surface area (Å²) in [6.45, 7) is 4.06. The van der Waals surface area contributed by atoms with Crippen LogP contribution in [-0.4, -0.2) is 40.6 Å². The molecule has 2 fully saturated rings. The van der Waals surface area contributed by atoms with Gasteiger partial charge in [-0.05, 0) is 31.6 Å². The number of aliphatic carboxylic acids is 1. The number of nitrogens with zero attached hydrogens (tertiary/aromatic N) is 1. The fourth-order valence-electron chi connectivity index (χ4n) is 3.29. The fraction of sp³-hybridized carbons (Fsp3) is 0.692. The Morgan fingerprint density at radius 2 is 1.94 bits per heavy atom. The van der Waals surface area contributed by atoms with Crippen molar-refractivity contribution < 1.29 is 14.7 Å². The number of hydrogen-bond acceptors (Lipinski definition) is 2. The maximum Gasteiger partial charge on any atom is 0.318 e. The highest BCUT2D eigenvalue weighted by Crippen LogP contribution is 2.39. The van der Waals surface area contributed by atoms with Crippen molar-refractivity contribution in [1.82, 2.24) is 10.2 Å². The summed E-state index contributed by atoms with van der Waals surface area (Å²) in [5.41, 5.74) is 0. The van der Waals surface area contributed by atoms with E-state index in [0.29, 0.717) is 6.54 Å². The summed E-state index contributed by atoms with van der Waals surface area (Å²) in [5, 5.41) is 11.7. The number of fused-ring (bicyclic) bond motifs is 2. The topological polar surface area (TPSA) is 69.6 Å². The van der Waals surface area contributed by atoms with Crippen LogP contribution in [0, 0.1) is 5.92 Å². The number of hydrogen-bond donors (Lipinski definition) is 2. The van der Waals surface area contributed by atoms with E-state index in [0.717, 1.165) is 25.7 Å². The van der Waals surface area contributed by atoms with E-state index in [1.165, 1.54) is 0 Å². The Morgan fingerprint density at radius 3 is 2.44 bits per heavy atom. The van der Waals surface area contributed by atoms with Crippen molar-refractivity contribution in [3.8, 4) is 0 Å². The molecular formula is C13H20N2O3. The molecule has 0 aromatic rings. The number of carboxylic acid groups (broad SMARTS) is 1. The summed E-state index contributed by atoms with van der Waals surface area (Å²) in [4.78, 5) is 24.7. The summed E-state index contributed by atoms with van der Waals surface area (Å²) in [5.74, 6) is -0.507. The molecule has 2 aliphatic heterocycles. The van der Waals surface area contributed by atoms with Crippen LogP contribution in [-0.2, 0) is 4.79 Å². The van der Waals surface area contributed by atoms with Gasteiger partial charge in [0.15, 0.2) is 0 Å². The lowest BCUT2D eigenvalue weighted by molar-refractivity contribution is -0.138. The number of carboxylic acids is 1. The quantitative estimate of drug-likeness (QED) is 0.747. The van der Waals surface area contributed by atoms with Gasteiger partial charge in [-0.2, -0.15) is 0 Å². The number of carbonyl (C=O) groups is 2. The molecule has 5 nitrogen and oxygen atoms in total. The molecule has 2 aliphatic rings. The molecule has 2 saturated heterocycles. The molecule has 18 heavy (non-hydrogen) atoms. The van der Waals surface area contributed by atoms with Crippen LogP contribution < -0.4 is 5.32 Å². The van der Waals surface area contributed by atoms with Crippen LogP contribution >= 0.6 is 0 Å². The normalized spacial score (nSPS) is 30.0. The van der Waals surface area contributed by atoms with Gasteiger partial charge in [0.05, 0.1) is 0 Å². The van der Waals surface area contributed by atoms with Gasteiger partial charge in [-0.15, -0.1) is 6.58 Å². The van der Waals surface area contributed by atoms with Crippen LogP contribution in [0.1, 0.15) is 32.1 Å². The SMILES string of the molecule is C=CCNC(=O)N1C2CCC1CC(CC(=O)O)C2. The zero-order valence-electron chi connectivity index (χ0n) is 10.5. The second kappa shape index (κ2) is 5.42. The minimum absolute atomic E-state index is 0.0313. The molecule has 2 amide bonds. The lowest BCUT2D eigenvalue weighted by Gasteiger charge is -2.38. The molecule has 2 N–H and O–H groups in total. The van der Waals surface area contributed by atoms with Gasteiger partial charge < -0.3 is 15.3 Å². The van der Waals surface area contributed by atoms with Gasteiger partial charge in [0.2, 0.25) is 0 Å². The Kier molecular flexibility index (Phi) is 3.89. The third-order valence-electron chi connectivity index (χ3n) is 3.93. The number of carbonyl (C=O) groups excluding carboxylic acids is 1. The van der Waals surface area contributed by atoms with Crippen molar-refractivity contribution in [2.24, 2.45) is 5.92 Å². The lowest BCUT2D eigenvalue weighted by Crippen LogP contribution is -2.51. The predicted octanol–water partition coefficient (Wildman–Crippen LogP) is 1.60. The van der Waals surface area contributed by atoms with Crippen molar-refractivity contribution in [1.29, 1.82) is 0 Å². The number of rotatable bonds is 4. The molecule has 2 atom stereocenters. The van der Waals surface area contributed by atoms with Crippen molar-refractivity contribution in [3.63, 3.8) is 0 Å². The highest BCUT2D eigenvalue weighted by molar-refractivity contribution is 5.75. The van der Waals surface area contributed by atoms with Crippen molar-refractivity contribution in [3.05, 3.63) is 12.7 Å². The summed E-state index contributed by atoms with van der Waals surface area (Å²) < 4.78 is 0. The number of amides is 2. The van der Waals surface area contributed by atoms with Gasteiger partial charge in [-0.25, -0.2) is 4.79 Å². The minimum atomic E-state index is -0.732. The van der Waals surface area contributed by atoms with Gasteiger partial charge in [0, 0.05) is 25.0 Å². The molecule has 0 aromatic heterocycles. The molecule has 5 heteroatoms. The van der Waals surface area contributed by atoms with E-state index in [9.17, 15) is 9.59 Å². The van der Waals surface area contributed by atoms with Gasteiger partial charge in [-0.1, -0.05) is 6.08 Å². The van der Waals surface area contributed by atoms with E-state index in [4.69, 9.17) is 5.11 Å². The van der Waals surface area contributed by atoms with Crippen LogP contribution in [0.2, 0.25) is 0 Å². The average Bonchev–Trinajstić information content (AvgIpc) is 2.57. The number of urea groups is 1. The lowest BCUT2D eigenvalue weighted by atomic mass is 9.88. The Morgan fingerprint density at radius 1 is 1.33 bits per heavy atom. The first kappa shape index (κ1) is 12.9. The van der Waals surface area contributed by atoms with Gasteiger partial charge in [0.1, 0.15) is 0 Å². The van der Waals surface area contributed by atoms with E-state index in [1.807, 2.05) is 4.90 Å². The molecule has 0 aromatic carbocycles. The van der Waals surface area contributed by atoms with Crippen LogP contribution in [0.3, 0.4) is 0 Å². The van der Waals surface area contributed by atoms with Crippen molar-refractivity contribution in [2.75, 3.05) is 6.54 Å². The molecule has 0 aliphatic carbocycles. The smallest absolute Gasteiger partial charge is 0.318 e. The molecule has 2 heterocycles. The van der Waals surface area contributed by atoms with Crippen LogP contribution in [0.15, 0.2) is 12.7 Å². The van der Waals surface area contributed by atoms with Crippen LogP contribution in [0.25, 0.3) is 0 Å². The summed E-state index contributed by atoms with van der Waals surface area (Å²) in [7, 11) is 0. The molecule has 2 rings (SSSR count). The predicted molar refractivity (Wildman–Crippen MR) is 67.2 cm³/mol. The Hall–Kier alpha value is -1.52. The van der Waals surface area contributed by atoms with E-state index in [2.05, 4.69) is 11.9 Å². The Labute approximate surface area is 107 Å². The number of nitrogens with one attached hydrogen (secondary N) is 1. The van der Waals surface area contributed by atoms with Crippen LogP contribution in [0.5, 0.6) is 0 Å². The zero-order chi connectivity index (χ0) is 13.1. The van der Waals surface area contributed by atoms with Crippen molar-refractivity contribution in [2.45, 2.75) is 44.2 Å². The van der Waals surface area contributed by atoms with Crippen LogP contribution in [0.4, 0.5) is 4.79 Å². The number of piperidine rings is 1. The first-order valence-corrected chi connectivity index (χ1v) is 6.50.